The van der Waals surface area contributed by atoms with E-state index in [9.17, 15) is 14.4 Å². The average molecular weight is 305 g/mol. The van der Waals surface area contributed by atoms with E-state index in [0.29, 0.717) is 0 Å². The summed E-state index contributed by atoms with van der Waals surface area (Å²) in [6, 6.07) is 7.22. The van der Waals surface area contributed by atoms with Gasteiger partial charge in [0.25, 0.3) is 0 Å². The third-order valence-corrected chi connectivity index (χ3v) is 2.65. The van der Waals surface area contributed by atoms with Gasteiger partial charge < -0.3 is 21.1 Å². The first-order chi connectivity index (χ1) is 10.5. The van der Waals surface area contributed by atoms with E-state index in [1.807, 2.05) is 12.1 Å². The second-order valence-electron chi connectivity index (χ2n) is 4.39. The van der Waals surface area contributed by atoms with Gasteiger partial charge in [-0.2, -0.15) is 0 Å². The van der Waals surface area contributed by atoms with Crippen LogP contribution in [0.2, 0.25) is 0 Å². The summed E-state index contributed by atoms with van der Waals surface area (Å²) in [5, 5.41) is 4.90. The lowest BCUT2D eigenvalue weighted by Crippen LogP contribution is -2.35. The third kappa shape index (κ3) is 7.09. The van der Waals surface area contributed by atoms with Crippen molar-refractivity contribution in [2.24, 2.45) is 5.73 Å². The largest absolute Gasteiger partial charge is 0.497 e. The zero-order chi connectivity index (χ0) is 16.4. The topological polar surface area (TPSA) is 111 Å². The molecule has 0 radical (unpaired) electrons. The number of carbonyl (C=O) groups is 3. The van der Waals surface area contributed by atoms with Crippen LogP contribution in [0.4, 0.5) is 0 Å². The maximum atomic E-state index is 11.6. The lowest BCUT2D eigenvalue weighted by atomic mass is 10.2. The Hall–Kier alpha value is -2.83. The number of nitrogens with two attached hydrogens (primary N) is 1. The molecule has 1 aromatic carbocycles. The molecule has 0 aliphatic carbocycles. The van der Waals surface area contributed by atoms with E-state index in [0.717, 1.165) is 11.3 Å². The van der Waals surface area contributed by atoms with Gasteiger partial charge in [0.15, 0.2) is 0 Å². The predicted molar refractivity (Wildman–Crippen MR) is 81.9 cm³/mol. The molecule has 118 valence electrons. The Labute approximate surface area is 128 Å². The normalized spacial score (nSPS) is 10.2. The van der Waals surface area contributed by atoms with Gasteiger partial charge in [-0.3, -0.25) is 14.4 Å². The summed E-state index contributed by atoms with van der Waals surface area (Å²) in [4.78, 5) is 33.3. The van der Waals surface area contributed by atoms with Crippen LogP contribution in [0.25, 0.3) is 6.08 Å². The van der Waals surface area contributed by atoms with E-state index in [1.165, 1.54) is 6.08 Å². The Kier molecular flexibility index (Phi) is 7.18. The van der Waals surface area contributed by atoms with Crippen molar-refractivity contribution in [2.75, 3.05) is 20.2 Å². The first kappa shape index (κ1) is 17.2. The van der Waals surface area contributed by atoms with Crippen LogP contribution in [-0.4, -0.2) is 37.9 Å². The van der Waals surface area contributed by atoms with Crippen molar-refractivity contribution in [1.82, 2.24) is 10.6 Å². The number of nitrogens with one attached hydrogen (secondary N) is 2. The van der Waals surface area contributed by atoms with E-state index < -0.39 is 5.91 Å². The Morgan fingerprint density at radius 1 is 1.18 bits per heavy atom. The van der Waals surface area contributed by atoms with E-state index in [2.05, 4.69) is 10.6 Å². The van der Waals surface area contributed by atoms with Crippen LogP contribution < -0.4 is 21.1 Å². The molecule has 0 fully saturated rings. The van der Waals surface area contributed by atoms with Crippen molar-refractivity contribution in [3.8, 4) is 5.75 Å². The molecule has 0 spiro atoms. The van der Waals surface area contributed by atoms with Gasteiger partial charge in [-0.25, -0.2) is 0 Å². The van der Waals surface area contributed by atoms with Gasteiger partial charge >= 0.3 is 0 Å². The SMILES string of the molecule is COc1ccc(/C=C/C(=O)NCCC(=O)NCC(N)=O)cc1. The number of hydrogen-bond donors (Lipinski definition) is 3. The number of primary amides is 1. The molecule has 1 rings (SSSR count). The Balaban J connectivity index is 2.29. The van der Waals surface area contributed by atoms with Crippen molar-refractivity contribution in [1.29, 1.82) is 0 Å². The maximum absolute atomic E-state index is 11.6. The summed E-state index contributed by atoms with van der Waals surface area (Å²) >= 11 is 0. The predicted octanol–water partition coefficient (Wildman–Crippen LogP) is -0.184. The standard InChI is InChI=1S/C15H19N3O4/c1-22-12-5-2-11(3-6-12)4-7-14(20)17-9-8-15(21)18-10-13(16)19/h2-7H,8-10H2,1H3,(H2,16,19)(H,17,20)(H,18,21)/b7-4+. The summed E-state index contributed by atoms with van der Waals surface area (Å²) in [5.74, 6) is -0.528. The van der Waals surface area contributed by atoms with Crippen molar-refractivity contribution in [3.63, 3.8) is 0 Å². The number of benzene rings is 1. The van der Waals surface area contributed by atoms with Gasteiger partial charge in [0.2, 0.25) is 17.7 Å². The molecule has 7 heteroatoms. The number of carbonyl (C=O) groups excluding carboxylic acids is 3. The molecule has 22 heavy (non-hydrogen) atoms. The number of amides is 3. The minimum atomic E-state index is -0.611. The fourth-order valence-electron chi connectivity index (χ4n) is 1.52. The molecule has 0 unspecified atom stereocenters. The van der Waals surface area contributed by atoms with Crippen LogP contribution in [0, 0.1) is 0 Å². The molecule has 0 atom stereocenters. The molecular formula is C15H19N3O4. The van der Waals surface area contributed by atoms with Gasteiger partial charge in [-0.15, -0.1) is 0 Å². The Morgan fingerprint density at radius 2 is 1.86 bits per heavy atom. The van der Waals surface area contributed by atoms with Crippen molar-refractivity contribution < 1.29 is 19.1 Å². The Morgan fingerprint density at radius 3 is 2.45 bits per heavy atom. The fraction of sp³-hybridized carbons (Fsp3) is 0.267. The molecular weight excluding hydrogens is 286 g/mol. The number of ether oxygens (including phenoxy) is 1. The highest BCUT2D eigenvalue weighted by molar-refractivity contribution is 5.92. The minimum Gasteiger partial charge on any atom is -0.497 e. The van der Waals surface area contributed by atoms with Gasteiger partial charge in [-0.05, 0) is 23.8 Å². The van der Waals surface area contributed by atoms with E-state index >= 15 is 0 Å². The molecule has 3 amide bonds. The van der Waals surface area contributed by atoms with Gasteiger partial charge in [0.05, 0.1) is 13.7 Å². The first-order valence-corrected chi connectivity index (χ1v) is 6.66. The first-order valence-electron chi connectivity index (χ1n) is 6.66. The van der Waals surface area contributed by atoms with Crippen LogP contribution >= 0.6 is 0 Å². The van der Waals surface area contributed by atoms with Gasteiger partial charge in [0, 0.05) is 19.0 Å². The summed E-state index contributed by atoms with van der Waals surface area (Å²) in [6.45, 7) is -0.0272. The summed E-state index contributed by atoms with van der Waals surface area (Å²) in [5.41, 5.74) is 5.75. The quantitative estimate of drug-likeness (QED) is 0.578. The lowest BCUT2D eigenvalue weighted by Gasteiger charge is -2.03. The third-order valence-electron chi connectivity index (χ3n) is 2.65. The molecule has 0 heterocycles. The molecule has 7 nitrogen and oxygen atoms in total. The van der Waals surface area contributed by atoms with E-state index in [1.54, 1.807) is 25.3 Å². The maximum Gasteiger partial charge on any atom is 0.244 e. The summed E-state index contributed by atoms with van der Waals surface area (Å²) < 4.78 is 5.03. The van der Waals surface area contributed by atoms with Crippen LogP contribution in [0.5, 0.6) is 5.75 Å². The highest BCUT2D eigenvalue weighted by Gasteiger charge is 2.03. The zero-order valence-corrected chi connectivity index (χ0v) is 12.3. The van der Waals surface area contributed by atoms with Gasteiger partial charge in [0.1, 0.15) is 5.75 Å². The van der Waals surface area contributed by atoms with Crippen LogP contribution in [-0.2, 0) is 14.4 Å². The highest BCUT2D eigenvalue weighted by atomic mass is 16.5. The second-order valence-corrected chi connectivity index (χ2v) is 4.39. The summed E-state index contributed by atoms with van der Waals surface area (Å²) in [6.07, 6.45) is 3.11. The van der Waals surface area contributed by atoms with Crippen molar-refractivity contribution in [2.45, 2.75) is 6.42 Å². The second kappa shape index (κ2) is 9.17. The van der Waals surface area contributed by atoms with Crippen molar-refractivity contribution >= 4 is 23.8 Å². The van der Waals surface area contributed by atoms with Crippen LogP contribution in [0.1, 0.15) is 12.0 Å². The molecule has 4 N–H and O–H groups in total. The fourth-order valence-corrected chi connectivity index (χ4v) is 1.52. The van der Waals surface area contributed by atoms with Crippen LogP contribution in [0.15, 0.2) is 30.3 Å². The number of methoxy groups -OCH3 is 1. The minimum absolute atomic E-state index is 0.0788. The molecule has 0 aromatic heterocycles. The molecule has 0 saturated carbocycles. The Bertz CT molecular complexity index is 552. The van der Waals surface area contributed by atoms with E-state index in [-0.39, 0.29) is 31.3 Å². The molecule has 0 bridgehead atoms. The lowest BCUT2D eigenvalue weighted by molar-refractivity contribution is -0.125. The highest BCUT2D eigenvalue weighted by Crippen LogP contribution is 2.12. The van der Waals surface area contributed by atoms with Gasteiger partial charge in [-0.1, -0.05) is 12.1 Å². The average Bonchev–Trinajstić information content (AvgIpc) is 2.51. The molecule has 0 aliphatic rings. The summed E-state index contributed by atoms with van der Waals surface area (Å²) in [7, 11) is 1.58. The number of rotatable bonds is 8. The van der Waals surface area contributed by atoms with E-state index in [4.69, 9.17) is 10.5 Å². The monoisotopic (exact) mass is 305 g/mol. The number of hydrogen-bond acceptors (Lipinski definition) is 4. The smallest absolute Gasteiger partial charge is 0.244 e. The molecule has 0 saturated heterocycles. The van der Waals surface area contributed by atoms with Crippen molar-refractivity contribution in [3.05, 3.63) is 35.9 Å². The molecule has 0 aliphatic heterocycles. The molecule has 1 aromatic rings. The zero-order valence-electron chi connectivity index (χ0n) is 12.3. The van der Waals surface area contributed by atoms with Crippen LogP contribution in [0.3, 0.4) is 0 Å².